The molecule has 2 amide bonds. The van der Waals surface area contributed by atoms with Crippen molar-refractivity contribution in [3.05, 3.63) is 29.6 Å². The third-order valence-electron chi connectivity index (χ3n) is 2.21. The van der Waals surface area contributed by atoms with E-state index in [2.05, 4.69) is 10.1 Å². The fourth-order valence-corrected chi connectivity index (χ4v) is 1.34. The standard InChI is InChI=1S/C10H10FNO3.C5H11NO2/c1-2-9(13)12-8-4-3-6(11)5-7(8)10(14)15;1-5(2,3)8-4(6)7/h3-5H,2H2,1H3,(H,12,13)(H,14,15);1-3H3,(H2,6,7). The molecule has 0 aliphatic heterocycles. The van der Waals surface area contributed by atoms with E-state index in [1.54, 1.807) is 27.7 Å². The van der Waals surface area contributed by atoms with Gasteiger partial charge in [0.15, 0.2) is 0 Å². The van der Waals surface area contributed by atoms with Gasteiger partial charge in [0.25, 0.3) is 0 Å². The molecule has 0 unspecified atom stereocenters. The number of anilines is 1. The lowest BCUT2D eigenvalue weighted by atomic mass is 10.1. The topological polar surface area (TPSA) is 119 Å². The van der Waals surface area contributed by atoms with Crippen molar-refractivity contribution in [3.8, 4) is 0 Å². The number of carbonyl (C=O) groups is 3. The molecule has 1 rings (SSSR count). The van der Waals surface area contributed by atoms with Crippen LogP contribution in [-0.4, -0.2) is 28.7 Å². The van der Waals surface area contributed by atoms with Crippen molar-refractivity contribution in [1.29, 1.82) is 0 Å². The summed E-state index contributed by atoms with van der Waals surface area (Å²) in [6.07, 6.45) is -0.492. The van der Waals surface area contributed by atoms with E-state index >= 15 is 0 Å². The van der Waals surface area contributed by atoms with Crippen molar-refractivity contribution in [2.24, 2.45) is 5.73 Å². The third-order valence-corrected chi connectivity index (χ3v) is 2.21. The Labute approximate surface area is 133 Å². The van der Waals surface area contributed by atoms with Crippen LogP contribution in [0.2, 0.25) is 0 Å². The number of aromatic carboxylic acids is 1. The Balaban J connectivity index is 0.000000515. The number of carboxylic acid groups (broad SMARTS) is 1. The first kappa shape index (κ1) is 20.4. The molecule has 0 fully saturated rings. The van der Waals surface area contributed by atoms with Crippen LogP contribution in [0.5, 0.6) is 0 Å². The molecule has 8 heteroatoms. The minimum atomic E-state index is -1.28. The second-order valence-electron chi connectivity index (χ2n) is 5.43. The summed E-state index contributed by atoms with van der Waals surface area (Å²) >= 11 is 0. The minimum Gasteiger partial charge on any atom is -0.478 e. The molecule has 0 heterocycles. The van der Waals surface area contributed by atoms with Crippen molar-refractivity contribution in [3.63, 3.8) is 0 Å². The number of hydrogen-bond acceptors (Lipinski definition) is 4. The number of nitrogens with two attached hydrogens (primary N) is 1. The van der Waals surface area contributed by atoms with E-state index in [9.17, 15) is 18.8 Å². The number of primary amides is 1. The van der Waals surface area contributed by atoms with Gasteiger partial charge in [0, 0.05) is 6.42 Å². The average Bonchev–Trinajstić information content (AvgIpc) is 2.38. The maximum absolute atomic E-state index is 12.8. The predicted octanol–water partition coefficient (Wildman–Crippen LogP) is 2.75. The second kappa shape index (κ2) is 8.72. The molecule has 0 radical (unpaired) electrons. The zero-order chi connectivity index (χ0) is 18.2. The van der Waals surface area contributed by atoms with Crippen LogP contribution in [-0.2, 0) is 9.53 Å². The molecular formula is C15H21FN2O5. The fraction of sp³-hybridized carbons (Fsp3) is 0.400. The van der Waals surface area contributed by atoms with E-state index in [0.717, 1.165) is 12.1 Å². The summed E-state index contributed by atoms with van der Waals surface area (Å²) in [6.45, 7) is 6.92. The van der Waals surface area contributed by atoms with Crippen LogP contribution in [0.4, 0.5) is 14.9 Å². The number of rotatable bonds is 3. The van der Waals surface area contributed by atoms with E-state index in [4.69, 9.17) is 10.8 Å². The summed E-state index contributed by atoms with van der Waals surface area (Å²) < 4.78 is 17.3. The molecule has 0 saturated carbocycles. The van der Waals surface area contributed by atoms with Crippen LogP contribution in [0.1, 0.15) is 44.5 Å². The van der Waals surface area contributed by atoms with Gasteiger partial charge >= 0.3 is 12.1 Å². The SMILES string of the molecule is CC(C)(C)OC(N)=O.CCC(=O)Nc1ccc(F)cc1C(=O)O. The monoisotopic (exact) mass is 328 g/mol. The lowest BCUT2D eigenvalue weighted by Gasteiger charge is -2.16. The molecule has 0 saturated heterocycles. The molecule has 4 N–H and O–H groups in total. The number of benzene rings is 1. The van der Waals surface area contributed by atoms with Crippen molar-refractivity contribution in [2.45, 2.75) is 39.7 Å². The van der Waals surface area contributed by atoms with Crippen molar-refractivity contribution < 1.29 is 28.6 Å². The molecule has 0 spiro atoms. The quantitative estimate of drug-likeness (QED) is 0.788. The molecule has 1 aromatic carbocycles. The lowest BCUT2D eigenvalue weighted by molar-refractivity contribution is -0.115. The molecule has 0 aliphatic rings. The summed E-state index contributed by atoms with van der Waals surface area (Å²) in [6, 6.07) is 3.19. The van der Waals surface area contributed by atoms with Gasteiger partial charge in [-0.1, -0.05) is 6.92 Å². The van der Waals surface area contributed by atoms with Gasteiger partial charge in [-0.2, -0.15) is 0 Å². The number of carboxylic acids is 1. The smallest absolute Gasteiger partial charge is 0.405 e. The van der Waals surface area contributed by atoms with E-state index in [-0.39, 0.29) is 23.6 Å². The van der Waals surface area contributed by atoms with Gasteiger partial charge in [-0.3, -0.25) is 4.79 Å². The van der Waals surface area contributed by atoms with E-state index in [1.807, 2.05) is 0 Å². The van der Waals surface area contributed by atoms with Crippen LogP contribution in [0.3, 0.4) is 0 Å². The number of hydrogen-bond donors (Lipinski definition) is 3. The molecule has 0 aromatic heterocycles. The highest BCUT2D eigenvalue weighted by molar-refractivity contribution is 6.00. The maximum Gasteiger partial charge on any atom is 0.405 e. The van der Waals surface area contributed by atoms with Crippen LogP contribution >= 0.6 is 0 Å². The summed E-state index contributed by atoms with van der Waals surface area (Å²) in [7, 11) is 0. The number of halogens is 1. The highest BCUT2D eigenvalue weighted by Crippen LogP contribution is 2.17. The van der Waals surface area contributed by atoms with Gasteiger partial charge in [0.2, 0.25) is 5.91 Å². The highest BCUT2D eigenvalue weighted by atomic mass is 19.1. The molecule has 0 bridgehead atoms. The summed E-state index contributed by atoms with van der Waals surface area (Å²) in [5, 5.41) is 11.1. The summed E-state index contributed by atoms with van der Waals surface area (Å²) in [5.41, 5.74) is 4.12. The number of carbonyl (C=O) groups excluding carboxylic acids is 2. The van der Waals surface area contributed by atoms with Crippen LogP contribution in [0.25, 0.3) is 0 Å². The van der Waals surface area contributed by atoms with E-state index < -0.39 is 23.5 Å². The number of nitrogens with one attached hydrogen (secondary N) is 1. The van der Waals surface area contributed by atoms with Gasteiger partial charge < -0.3 is 20.9 Å². The number of ether oxygens (including phenoxy) is 1. The first-order valence-corrected chi connectivity index (χ1v) is 6.77. The predicted molar refractivity (Wildman–Crippen MR) is 82.7 cm³/mol. The van der Waals surface area contributed by atoms with Crippen molar-refractivity contribution in [1.82, 2.24) is 0 Å². The molecular weight excluding hydrogens is 307 g/mol. The zero-order valence-corrected chi connectivity index (χ0v) is 13.5. The fourth-order valence-electron chi connectivity index (χ4n) is 1.34. The Hall–Kier alpha value is -2.64. The normalized spacial score (nSPS) is 10.1. The molecule has 23 heavy (non-hydrogen) atoms. The Morgan fingerprint density at radius 2 is 1.87 bits per heavy atom. The van der Waals surface area contributed by atoms with Gasteiger partial charge in [-0.25, -0.2) is 14.0 Å². The lowest BCUT2D eigenvalue weighted by Crippen LogP contribution is -2.27. The van der Waals surface area contributed by atoms with Crippen LogP contribution < -0.4 is 11.1 Å². The highest BCUT2D eigenvalue weighted by Gasteiger charge is 2.13. The molecule has 1 aromatic rings. The molecule has 0 aliphatic carbocycles. The first-order chi connectivity index (χ1) is 10.5. The Kier molecular flexibility index (Phi) is 7.72. The number of amides is 2. The Morgan fingerprint density at radius 3 is 2.22 bits per heavy atom. The van der Waals surface area contributed by atoms with Crippen LogP contribution in [0, 0.1) is 5.82 Å². The Bertz CT molecular complexity index is 582. The van der Waals surface area contributed by atoms with Gasteiger partial charge in [-0.05, 0) is 39.0 Å². The summed E-state index contributed by atoms with van der Waals surface area (Å²) in [5.74, 6) is -2.24. The van der Waals surface area contributed by atoms with Gasteiger partial charge in [-0.15, -0.1) is 0 Å². The maximum atomic E-state index is 12.8. The average molecular weight is 328 g/mol. The van der Waals surface area contributed by atoms with Crippen molar-refractivity contribution >= 4 is 23.7 Å². The van der Waals surface area contributed by atoms with Crippen LogP contribution in [0.15, 0.2) is 18.2 Å². The Morgan fingerprint density at radius 1 is 1.30 bits per heavy atom. The van der Waals surface area contributed by atoms with E-state index in [1.165, 1.54) is 6.07 Å². The van der Waals surface area contributed by atoms with Gasteiger partial charge in [0.05, 0.1) is 11.3 Å². The molecule has 128 valence electrons. The zero-order valence-electron chi connectivity index (χ0n) is 13.5. The van der Waals surface area contributed by atoms with E-state index in [0.29, 0.717) is 0 Å². The van der Waals surface area contributed by atoms with Crippen molar-refractivity contribution in [2.75, 3.05) is 5.32 Å². The largest absolute Gasteiger partial charge is 0.478 e. The first-order valence-electron chi connectivity index (χ1n) is 6.77. The summed E-state index contributed by atoms with van der Waals surface area (Å²) in [4.78, 5) is 31.8. The minimum absolute atomic E-state index is 0.107. The molecule has 0 atom stereocenters. The molecule has 7 nitrogen and oxygen atoms in total. The second-order valence-corrected chi connectivity index (χ2v) is 5.43. The third kappa shape index (κ3) is 9.07. The van der Waals surface area contributed by atoms with Gasteiger partial charge in [0.1, 0.15) is 11.4 Å².